The lowest BCUT2D eigenvalue weighted by molar-refractivity contribution is -0.327. The van der Waals surface area contributed by atoms with E-state index in [2.05, 4.69) is 0 Å². The van der Waals surface area contributed by atoms with Crippen LogP contribution in [0.4, 0.5) is 0 Å². The monoisotopic (exact) mass is 330 g/mol. The minimum atomic E-state index is -0.668. The Balaban J connectivity index is 1.58. The Bertz CT molecular complexity index is 406. The Morgan fingerprint density at radius 1 is 0.739 bits per heavy atom. The number of hydrogen-bond acceptors (Lipinski definition) is 6. The molecule has 0 saturated carbocycles. The Hall–Kier alpha value is -0.240. The maximum atomic E-state index is 9.43. The molecule has 3 heterocycles. The maximum Gasteiger partial charge on any atom is 0.163 e. The van der Waals surface area contributed by atoms with Gasteiger partial charge in [-0.15, -0.1) is 0 Å². The summed E-state index contributed by atoms with van der Waals surface area (Å²) in [5.74, 6) is -1.25. The lowest BCUT2D eigenvalue weighted by Gasteiger charge is -2.44. The molecule has 0 aliphatic carbocycles. The van der Waals surface area contributed by atoms with Gasteiger partial charge in [-0.05, 0) is 27.7 Å². The molecule has 23 heavy (non-hydrogen) atoms. The van der Waals surface area contributed by atoms with Gasteiger partial charge in [0, 0.05) is 25.7 Å². The lowest BCUT2D eigenvalue weighted by atomic mass is 9.96. The van der Waals surface area contributed by atoms with E-state index < -0.39 is 11.6 Å². The average molecular weight is 330 g/mol. The summed E-state index contributed by atoms with van der Waals surface area (Å²) in [6.07, 6.45) is 3.72. The molecule has 6 heteroatoms. The van der Waals surface area contributed by atoms with Crippen LogP contribution in [0.3, 0.4) is 0 Å². The van der Waals surface area contributed by atoms with E-state index in [-0.39, 0.29) is 31.0 Å². The van der Waals surface area contributed by atoms with Crippen LogP contribution < -0.4 is 0 Å². The van der Waals surface area contributed by atoms with Crippen molar-refractivity contribution in [2.24, 2.45) is 0 Å². The Kier molecular flexibility index (Phi) is 5.03. The van der Waals surface area contributed by atoms with E-state index in [9.17, 15) is 5.11 Å². The standard InChI is InChI=1S/C17H30O6/c1-16(2)20-11(6-13(22-16)8-15-10-19-15)5-12-7-14(9-18)23-17(3,4)21-12/h11-15,18H,5-10H2,1-4H3/t11-,12+,13-,14+,15-/m1/s1. The molecular weight excluding hydrogens is 300 g/mol. The first-order valence-corrected chi connectivity index (χ1v) is 8.68. The van der Waals surface area contributed by atoms with Gasteiger partial charge in [0.2, 0.25) is 0 Å². The van der Waals surface area contributed by atoms with Gasteiger partial charge in [-0.25, -0.2) is 0 Å². The smallest absolute Gasteiger partial charge is 0.163 e. The number of aliphatic hydroxyl groups is 1. The molecule has 6 nitrogen and oxygen atoms in total. The first kappa shape index (κ1) is 17.6. The number of ether oxygens (including phenoxy) is 5. The molecule has 134 valence electrons. The van der Waals surface area contributed by atoms with Crippen LogP contribution in [-0.2, 0) is 23.7 Å². The lowest BCUT2D eigenvalue weighted by Crippen LogP contribution is -2.50. The van der Waals surface area contributed by atoms with Crippen molar-refractivity contribution >= 4 is 0 Å². The number of aliphatic hydroxyl groups excluding tert-OH is 1. The van der Waals surface area contributed by atoms with Crippen LogP contribution in [0.5, 0.6) is 0 Å². The van der Waals surface area contributed by atoms with E-state index in [1.54, 1.807) is 0 Å². The number of rotatable bonds is 5. The van der Waals surface area contributed by atoms with Gasteiger partial charge in [-0.3, -0.25) is 0 Å². The molecule has 3 fully saturated rings. The van der Waals surface area contributed by atoms with Crippen LogP contribution in [0, 0.1) is 0 Å². The summed E-state index contributed by atoms with van der Waals surface area (Å²) < 4.78 is 29.2. The summed E-state index contributed by atoms with van der Waals surface area (Å²) in [4.78, 5) is 0. The van der Waals surface area contributed by atoms with Crippen molar-refractivity contribution in [1.82, 2.24) is 0 Å². The second-order valence-corrected chi connectivity index (χ2v) is 7.84. The molecule has 3 aliphatic rings. The van der Waals surface area contributed by atoms with Gasteiger partial charge in [-0.2, -0.15) is 0 Å². The van der Waals surface area contributed by atoms with Crippen LogP contribution in [0.15, 0.2) is 0 Å². The molecule has 0 radical (unpaired) electrons. The van der Waals surface area contributed by atoms with Crippen molar-refractivity contribution in [2.45, 2.75) is 95.5 Å². The largest absolute Gasteiger partial charge is 0.394 e. The molecule has 1 N–H and O–H groups in total. The Labute approximate surface area is 138 Å². The quantitative estimate of drug-likeness (QED) is 0.777. The van der Waals surface area contributed by atoms with Gasteiger partial charge in [0.05, 0.1) is 43.7 Å². The van der Waals surface area contributed by atoms with Crippen molar-refractivity contribution in [3.63, 3.8) is 0 Å². The first-order valence-electron chi connectivity index (χ1n) is 8.68. The molecule has 0 bridgehead atoms. The predicted molar refractivity (Wildman–Crippen MR) is 82.9 cm³/mol. The van der Waals surface area contributed by atoms with Crippen LogP contribution >= 0.6 is 0 Å². The molecule has 0 spiro atoms. The molecule has 0 aromatic rings. The van der Waals surface area contributed by atoms with E-state index in [0.29, 0.717) is 12.5 Å². The molecule has 0 aromatic carbocycles. The van der Waals surface area contributed by atoms with Crippen LogP contribution in [0.2, 0.25) is 0 Å². The van der Waals surface area contributed by atoms with Crippen LogP contribution in [0.25, 0.3) is 0 Å². The van der Waals surface area contributed by atoms with E-state index in [1.165, 1.54) is 0 Å². The SMILES string of the molecule is CC1(C)O[C@@H](C[C@@H]2C[C@H](C[C@@H]3CO3)OC(C)(C)O2)C[C@@H](CO)O1. The Morgan fingerprint density at radius 2 is 1.13 bits per heavy atom. The van der Waals surface area contributed by atoms with E-state index in [0.717, 1.165) is 25.9 Å². The first-order chi connectivity index (χ1) is 10.7. The van der Waals surface area contributed by atoms with Crippen molar-refractivity contribution in [1.29, 1.82) is 0 Å². The number of epoxide rings is 1. The number of hydrogen-bond donors (Lipinski definition) is 1. The Morgan fingerprint density at radius 3 is 1.57 bits per heavy atom. The molecule has 3 saturated heterocycles. The van der Waals surface area contributed by atoms with Gasteiger partial charge in [0.15, 0.2) is 11.6 Å². The average Bonchev–Trinajstić information content (AvgIpc) is 3.18. The summed E-state index contributed by atoms with van der Waals surface area (Å²) in [6, 6.07) is 0. The summed E-state index contributed by atoms with van der Waals surface area (Å²) in [6.45, 7) is 8.58. The van der Waals surface area contributed by atoms with Gasteiger partial charge in [0.1, 0.15) is 0 Å². The fourth-order valence-electron chi connectivity index (χ4n) is 3.78. The van der Waals surface area contributed by atoms with Gasteiger partial charge >= 0.3 is 0 Å². The van der Waals surface area contributed by atoms with Crippen molar-refractivity contribution in [3.05, 3.63) is 0 Å². The molecule has 3 aliphatic heterocycles. The summed E-state index contributed by atoms with van der Waals surface area (Å²) >= 11 is 0. The van der Waals surface area contributed by atoms with Gasteiger partial charge < -0.3 is 28.8 Å². The zero-order chi connectivity index (χ0) is 16.7. The normalized spacial score (nSPS) is 42.4. The van der Waals surface area contributed by atoms with Crippen molar-refractivity contribution < 1.29 is 28.8 Å². The van der Waals surface area contributed by atoms with Crippen LogP contribution in [0.1, 0.15) is 53.4 Å². The zero-order valence-electron chi connectivity index (χ0n) is 14.6. The van der Waals surface area contributed by atoms with E-state index in [1.807, 2.05) is 27.7 Å². The van der Waals surface area contributed by atoms with Gasteiger partial charge in [-0.1, -0.05) is 0 Å². The summed E-state index contributed by atoms with van der Waals surface area (Å²) in [5, 5.41) is 9.43. The predicted octanol–water partition coefficient (Wildman–Crippen LogP) is 1.98. The third-order valence-electron chi connectivity index (χ3n) is 4.51. The van der Waals surface area contributed by atoms with E-state index >= 15 is 0 Å². The van der Waals surface area contributed by atoms with Crippen molar-refractivity contribution in [3.8, 4) is 0 Å². The second-order valence-electron chi connectivity index (χ2n) is 7.84. The highest BCUT2D eigenvalue weighted by Crippen LogP contribution is 2.36. The van der Waals surface area contributed by atoms with Crippen LogP contribution in [-0.4, -0.2) is 60.4 Å². The van der Waals surface area contributed by atoms with Crippen molar-refractivity contribution in [2.75, 3.05) is 13.2 Å². The minimum Gasteiger partial charge on any atom is -0.394 e. The molecule has 0 aromatic heterocycles. The third-order valence-corrected chi connectivity index (χ3v) is 4.51. The molecule has 5 atom stereocenters. The molecule has 0 unspecified atom stereocenters. The summed E-state index contributed by atoms with van der Waals surface area (Å²) in [7, 11) is 0. The highest BCUT2D eigenvalue weighted by molar-refractivity contribution is 4.85. The topological polar surface area (TPSA) is 69.7 Å². The highest BCUT2D eigenvalue weighted by Gasteiger charge is 2.42. The zero-order valence-corrected chi connectivity index (χ0v) is 14.6. The van der Waals surface area contributed by atoms with E-state index in [4.69, 9.17) is 23.7 Å². The highest BCUT2D eigenvalue weighted by atomic mass is 16.7. The maximum absolute atomic E-state index is 9.43. The molecular formula is C17H30O6. The second kappa shape index (κ2) is 6.58. The fraction of sp³-hybridized carbons (Fsp3) is 1.00. The summed E-state index contributed by atoms with van der Waals surface area (Å²) in [5.41, 5.74) is 0. The minimum absolute atomic E-state index is 0.0189. The third kappa shape index (κ3) is 5.11. The molecule has 0 amide bonds. The fourth-order valence-corrected chi connectivity index (χ4v) is 3.78. The van der Waals surface area contributed by atoms with Gasteiger partial charge in [0.25, 0.3) is 0 Å². The molecule has 3 rings (SSSR count).